The second-order valence-corrected chi connectivity index (χ2v) is 8.25. The molecular formula is C17H25N5O2S. The zero-order valence-electron chi connectivity index (χ0n) is 14.5. The Balaban J connectivity index is 1.88. The van der Waals surface area contributed by atoms with Gasteiger partial charge in [0.05, 0.1) is 11.4 Å². The quantitative estimate of drug-likeness (QED) is 0.626. The third-order valence-corrected chi connectivity index (χ3v) is 6.02. The van der Waals surface area contributed by atoms with E-state index in [0.717, 1.165) is 18.4 Å². The number of nitrogens with two attached hydrogens (primary N) is 1. The molecule has 1 aliphatic carbocycles. The maximum absolute atomic E-state index is 12.7. The lowest BCUT2D eigenvalue weighted by molar-refractivity contribution is 0.340. The average Bonchev–Trinajstić information content (AvgIpc) is 3.25. The molecule has 8 heteroatoms. The third-order valence-electron chi connectivity index (χ3n) is 4.75. The van der Waals surface area contributed by atoms with Crippen LogP contribution in [0.15, 0.2) is 38.7 Å². The Kier molecular flexibility index (Phi) is 5.10. The van der Waals surface area contributed by atoms with E-state index in [0.29, 0.717) is 13.1 Å². The van der Waals surface area contributed by atoms with Crippen molar-refractivity contribution in [1.29, 1.82) is 0 Å². The third kappa shape index (κ3) is 3.85. The van der Waals surface area contributed by atoms with Gasteiger partial charge in [0.15, 0.2) is 0 Å². The topological polar surface area (TPSA) is 100 Å². The van der Waals surface area contributed by atoms with E-state index in [1.165, 1.54) is 18.9 Å². The zero-order valence-corrected chi connectivity index (χ0v) is 15.3. The van der Waals surface area contributed by atoms with Gasteiger partial charge >= 0.3 is 0 Å². The van der Waals surface area contributed by atoms with Crippen molar-refractivity contribution in [2.45, 2.75) is 44.0 Å². The summed E-state index contributed by atoms with van der Waals surface area (Å²) in [5.74, 6) is 0.278. The lowest BCUT2D eigenvalue weighted by Gasteiger charge is -2.23. The van der Waals surface area contributed by atoms with E-state index in [1.807, 2.05) is 13.1 Å². The van der Waals surface area contributed by atoms with Crippen molar-refractivity contribution in [3.05, 3.63) is 29.8 Å². The number of guanidine groups is 1. The Hall–Kier alpha value is -1.93. The summed E-state index contributed by atoms with van der Waals surface area (Å²) in [7, 11) is -3.83. The molecule has 3 rings (SSSR count). The summed E-state index contributed by atoms with van der Waals surface area (Å²) in [6.45, 7) is 3.43. The summed E-state index contributed by atoms with van der Waals surface area (Å²) in [5, 5.41) is 9.16. The number of hydrogen-bond acceptors (Lipinski definition) is 4. The van der Waals surface area contributed by atoms with Crippen LogP contribution in [0.5, 0.6) is 0 Å². The van der Waals surface area contributed by atoms with Gasteiger partial charge in [-0.3, -0.25) is 0 Å². The van der Waals surface area contributed by atoms with Crippen molar-refractivity contribution in [2.24, 2.45) is 20.6 Å². The highest BCUT2D eigenvalue weighted by Crippen LogP contribution is 2.40. The van der Waals surface area contributed by atoms with Gasteiger partial charge in [-0.15, -0.1) is 4.40 Å². The highest BCUT2D eigenvalue weighted by Gasteiger charge is 2.39. The number of nitrogens with one attached hydrogen (secondary N) is 1. The zero-order chi connectivity index (χ0) is 17.9. The van der Waals surface area contributed by atoms with Crippen LogP contribution < -0.4 is 11.1 Å². The smallest absolute Gasteiger partial charge is 0.285 e. The first-order valence-electron chi connectivity index (χ1n) is 8.68. The molecule has 0 amide bonds. The first-order chi connectivity index (χ1) is 12.0. The molecule has 1 aliphatic heterocycles. The number of nitrogens with zero attached hydrogens (tertiary/aromatic N) is 3. The normalized spacial score (nSPS) is 19.8. The Morgan fingerprint density at radius 1 is 1.40 bits per heavy atom. The van der Waals surface area contributed by atoms with Gasteiger partial charge in [-0.1, -0.05) is 25.0 Å². The monoisotopic (exact) mass is 363 g/mol. The van der Waals surface area contributed by atoms with E-state index in [-0.39, 0.29) is 22.8 Å². The van der Waals surface area contributed by atoms with Crippen LogP contribution in [0.25, 0.3) is 0 Å². The van der Waals surface area contributed by atoms with Crippen LogP contribution in [0.4, 0.5) is 0 Å². The summed E-state index contributed by atoms with van der Waals surface area (Å²) in [5.41, 5.74) is 6.43. The molecule has 3 N–H and O–H groups in total. The molecule has 0 aromatic heterocycles. The lowest BCUT2D eigenvalue weighted by Crippen LogP contribution is -2.40. The fourth-order valence-electron chi connectivity index (χ4n) is 3.40. The van der Waals surface area contributed by atoms with Crippen molar-refractivity contribution >= 4 is 22.2 Å². The van der Waals surface area contributed by atoms with Gasteiger partial charge in [0.2, 0.25) is 5.96 Å². The number of sulfonamides is 1. The molecule has 2 aliphatic rings. The van der Waals surface area contributed by atoms with Crippen LogP contribution in [0, 0.1) is 5.41 Å². The number of hydrazone groups is 1. The van der Waals surface area contributed by atoms with Crippen molar-refractivity contribution < 1.29 is 8.42 Å². The van der Waals surface area contributed by atoms with E-state index in [9.17, 15) is 8.42 Å². The van der Waals surface area contributed by atoms with Gasteiger partial charge in [-0.2, -0.15) is 13.5 Å². The van der Waals surface area contributed by atoms with Crippen molar-refractivity contribution in [2.75, 3.05) is 13.1 Å². The molecule has 1 aromatic rings. The summed E-state index contributed by atoms with van der Waals surface area (Å²) < 4.78 is 29.4. The minimum absolute atomic E-state index is 0.0689. The summed E-state index contributed by atoms with van der Waals surface area (Å²) in [6.07, 6.45) is 6.54. The second-order valence-electron chi connectivity index (χ2n) is 6.64. The van der Waals surface area contributed by atoms with Crippen molar-refractivity contribution in [3.8, 4) is 0 Å². The number of hydrogen-bond donors (Lipinski definition) is 2. The minimum atomic E-state index is -3.83. The number of rotatable bonds is 4. The molecule has 0 bridgehead atoms. The SMILES string of the molecule is CCN/C(=N\S(=O)(=O)c1cccc(CN)c1)N1CC2(C=N1)CCCC2. The molecule has 0 atom stereocenters. The Morgan fingerprint density at radius 3 is 2.84 bits per heavy atom. The van der Waals surface area contributed by atoms with Crippen LogP contribution in [0.3, 0.4) is 0 Å². The number of benzene rings is 1. The van der Waals surface area contributed by atoms with E-state index in [4.69, 9.17) is 5.73 Å². The summed E-state index contributed by atoms with van der Waals surface area (Å²) >= 11 is 0. The standard InChI is InChI=1S/C17H25N5O2S/c1-2-19-16(22-13-17(12-20-22)8-3-4-9-17)21-25(23,24)15-7-5-6-14(10-15)11-18/h5-7,10,12H,2-4,8-9,11,13,18H2,1H3,(H,19,21). The predicted octanol–water partition coefficient (Wildman–Crippen LogP) is 1.66. The van der Waals surface area contributed by atoms with Gasteiger partial charge in [-0.25, -0.2) is 5.01 Å². The highest BCUT2D eigenvalue weighted by atomic mass is 32.2. The Bertz CT molecular complexity index is 782. The fourth-order valence-corrected chi connectivity index (χ4v) is 4.44. The maximum atomic E-state index is 12.7. The summed E-state index contributed by atoms with van der Waals surface area (Å²) in [4.78, 5) is 0.143. The van der Waals surface area contributed by atoms with Gasteiger partial charge < -0.3 is 11.1 Å². The van der Waals surface area contributed by atoms with E-state index < -0.39 is 10.0 Å². The minimum Gasteiger partial charge on any atom is -0.354 e. The molecule has 1 saturated carbocycles. The molecule has 1 spiro atoms. The maximum Gasteiger partial charge on any atom is 0.285 e. The fraction of sp³-hybridized carbons (Fsp3) is 0.529. The Labute approximate surface area is 149 Å². The van der Waals surface area contributed by atoms with Gasteiger partial charge in [0, 0.05) is 24.7 Å². The molecule has 0 saturated heterocycles. The molecule has 7 nitrogen and oxygen atoms in total. The second kappa shape index (κ2) is 7.13. The van der Waals surface area contributed by atoms with E-state index in [2.05, 4.69) is 14.8 Å². The first kappa shape index (κ1) is 17.9. The molecule has 1 fully saturated rings. The highest BCUT2D eigenvalue weighted by molar-refractivity contribution is 7.90. The molecule has 1 heterocycles. The van der Waals surface area contributed by atoms with Crippen LogP contribution in [-0.4, -0.2) is 38.7 Å². The Morgan fingerprint density at radius 2 is 2.16 bits per heavy atom. The molecule has 0 radical (unpaired) electrons. The average molecular weight is 363 g/mol. The molecule has 25 heavy (non-hydrogen) atoms. The van der Waals surface area contributed by atoms with Crippen molar-refractivity contribution in [3.63, 3.8) is 0 Å². The molecule has 136 valence electrons. The molecule has 1 aromatic carbocycles. The first-order valence-corrected chi connectivity index (χ1v) is 10.1. The van der Waals surface area contributed by atoms with Crippen LogP contribution in [-0.2, 0) is 16.6 Å². The molecule has 0 unspecified atom stereocenters. The summed E-state index contributed by atoms with van der Waals surface area (Å²) in [6, 6.07) is 6.57. The van der Waals surface area contributed by atoms with E-state index in [1.54, 1.807) is 23.2 Å². The molecular weight excluding hydrogens is 338 g/mol. The predicted molar refractivity (Wildman–Crippen MR) is 98.7 cm³/mol. The largest absolute Gasteiger partial charge is 0.354 e. The van der Waals surface area contributed by atoms with Crippen molar-refractivity contribution in [1.82, 2.24) is 10.3 Å². The van der Waals surface area contributed by atoms with E-state index >= 15 is 0 Å². The van der Waals surface area contributed by atoms with Crippen LogP contribution >= 0.6 is 0 Å². The van der Waals surface area contributed by atoms with Gasteiger partial charge in [0.25, 0.3) is 10.0 Å². The van der Waals surface area contributed by atoms with Crippen LogP contribution in [0.1, 0.15) is 38.2 Å². The lowest BCUT2D eigenvalue weighted by atomic mass is 9.88. The van der Waals surface area contributed by atoms with Gasteiger partial charge in [0.1, 0.15) is 0 Å². The van der Waals surface area contributed by atoms with Crippen LogP contribution in [0.2, 0.25) is 0 Å². The van der Waals surface area contributed by atoms with Gasteiger partial charge in [-0.05, 0) is 37.5 Å².